The molecule has 0 spiro atoms. The van der Waals surface area contributed by atoms with Crippen LogP contribution in [0.25, 0.3) is 0 Å². The molecule has 1 N–H and O–H groups in total. The minimum Gasteiger partial charge on any atom is -0.481 e. The van der Waals surface area contributed by atoms with Gasteiger partial charge in [-0.15, -0.1) is 11.3 Å². The first-order valence-electron chi connectivity index (χ1n) is 5.04. The zero-order valence-electron chi connectivity index (χ0n) is 9.14. The highest BCUT2D eigenvalue weighted by Gasteiger charge is 2.12. The molecule has 15 heavy (non-hydrogen) atoms. The van der Waals surface area contributed by atoms with E-state index in [0.717, 1.165) is 13.0 Å². The quantitative estimate of drug-likeness (QED) is 0.809. The van der Waals surface area contributed by atoms with E-state index >= 15 is 0 Å². The first kappa shape index (κ1) is 12.2. The van der Waals surface area contributed by atoms with Gasteiger partial charge in [0.2, 0.25) is 0 Å². The van der Waals surface area contributed by atoms with Gasteiger partial charge in [0.1, 0.15) is 0 Å². The van der Waals surface area contributed by atoms with E-state index in [1.807, 2.05) is 20.0 Å². The highest BCUT2D eigenvalue weighted by molar-refractivity contribution is 7.09. The molecule has 1 unspecified atom stereocenters. The van der Waals surface area contributed by atoms with Crippen molar-refractivity contribution in [3.8, 4) is 0 Å². The summed E-state index contributed by atoms with van der Waals surface area (Å²) in [6.45, 7) is 2.86. The fourth-order valence-electron chi connectivity index (χ4n) is 1.37. The first-order chi connectivity index (χ1) is 7.09. The van der Waals surface area contributed by atoms with Crippen LogP contribution in [0.15, 0.2) is 17.5 Å². The fourth-order valence-corrected chi connectivity index (χ4v) is 2.07. The summed E-state index contributed by atoms with van der Waals surface area (Å²) in [6.07, 6.45) is 1.21. The number of hydrogen-bond donors (Lipinski definition) is 1. The second-order valence-corrected chi connectivity index (χ2v) is 4.79. The van der Waals surface area contributed by atoms with Crippen molar-refractivity contribution in [2.24, 2.45) is 0 Å². The van der Waals surface area contributed by atoms with Crippen molar-refractivity contribution in [3.63, 3.8) is 0 Å². The maximum Gasteiger partial charge on any atom is 0.304 e. The Labute approximate surface area is 94.3 Å². The van der Waals surface area contributed by atoms with Crippen LogP contribution in [0, 0.1) is 0 Å². The molecule has 0 saturated heterocycles. The third kappa shape index (κ3) is 4.44. The van der Waals surface area contributed by atoms with Crippen LogP contribution in [-0.4, -0.2) is 35.6 Å². The average molecular weight is 227 g/mol. The molecule has 3 nitrogen and oxygen atoms in total. The van der Waals surface area contributed by atoms with Gasteiger partial charge in [-0.05, 0) is 31.8 Å². The van der Waals surface area contributed by atoms with Crippen LogP contribution in [-0.2, 0) is 11.2 Å². The van der Waals surface area contributed by atoms with Gasteiger partial charge < -0.3 is 10.0 Å². The Balaban J connectivity index is 2.29. The third-order valence-corrected chi connectivity index (χ3v) is 3.45. The smallest absolute Gasteiger partial charge is 0.304 e. The normalized spacial score (nSPS) is 13.0. The third-order valence-electron chi connectivity index (χ3n) is 2.51. The lowest BCUT2D eigenvalue weighted by molar-refractivity contribution is -0.138. The molecule has 4 heteroatoms. The minimum atomic E-state index is -0.731. The number of aliphatic carboxylic acids is 1. The molecule has 0 aliphatic heterocycles. The molecule has 0 fully saturated rings. The summed E-state index contributed by atoms with van der Waals surface area (Å²) in [6, 6.07) is 4.25. The Morgan fingerprint density at radius 1 is 1.67 bits per heavy atom. The topological polar surface area (TPSA) is 40.5 Å². The summed E-state index contributed by atoms with van der Waals surface area (Å²) in [5.74, 6) is -0.731. The van der Waals surface area contributed by atoms with Gasteiger partial charge in [-0.3, -0.25) is 4.79 Å². The van der Waals surface area contributed by atoms with Crippen molar-refractivity contribution < 1.29 is 9.90 Å². The zero-order valence-corrected chi connectivity index (χ0v) is 9.96. The highest BCUT2D eigenvalue weighted by atomic mass is 32.1. The van der Waals surface area contributed by atoms with Crippen LogP contribution in [0.1, 0.15) is 18.2 Å². The summed E-state index contributed by atoms with van der Waals surface area (Å²) in [4.78, 5) is 14.0. The van der Waals surface area contributed by atoms with E-state index in [4.69, 9.17) is 5.11 Å². The van der Waals surface area contributed by atoms with Crippen molar-refractivity contribution in [2.75, 3.05) is 13.6 Å². The van der Waals surface area contributed by atoms with Crippen molar-refractivity contribution >= 4 is 17.3 Å². The number of hydrogen-bond acceptors (Lipinski definition) is 3. The largest absolute Gasteiger partial charge is 0.481 e. The summed E-state index contributed by atoms with van der Waals surface area (Å²) in [7, 11) is 1.97. The van der Waals surface area contributed by atoms with Gasteiger partial charge in [0.05, 0.1) is 6.42 Å². The standard InChI is InChI=1S/C11H17NO2S/c1-9(8-11(13)14)12(2)6-5-10-4-3-7-15-10/h3-4,7,9H,5-6,8H2,1-2H3,(H,13,14). The Bertz CT molecular complexity index is 298. The van der Waals surface area contributed by atoms with Crippen molar-refractivity contribution in [3.05, 3.63) is 22.4 Å². The lowest BCUT2D eigenvalue weighted by atomic mass is 10.2. The van der Waals surface area contributed by atoms with E-state index in [0.29, 0.717) is 0 Å². The van der Waals surface area contributed by atoms with Gasteiger partial charge >= 0.3 is 5.97 Å². The second kappa shape index (κ2) is 5.88. The molecule has 1 heterocycles. The van der Waals surface area contributed by atoms with Gasteiger partial charge in [-0.25, -0.2) is 0 Å². The van der Waals surface area contributed by atoms with Crippen molar-refractivity contribution in [1.29, 1.82) is 0 Å². The molecular formula is C11H17NO2S. The maximum atomic E-state index is 10.5. The molecule has 1 aromatic heterocycles. The molecule has 84 valence electrons. The predicted molar refractivity (Wildman–Crippen MR) is 62.4 cm³/mol. The van der Waals surface area contributed by atoms with E-state index in [-0.39, 0.29) is 12.5 Å². The van der Waals surface area contributed by atoms with Crippen LogP contribution in [0.5, 0.6) is 0 Å². The second-order valence-electron chi connectivity index (χ2n) is 3.76. The number of likely N-dealkylation sites (N-methyl/N-ethyl adjacent to an activating group) is 1. The molecule has 0 saturated carbocycles. The number of carbonyl (C=O) groups is 1. The first-order valence-corrected chi connectivity index (χ1v) is 5.92. The van der Waals surface area contributed by atoms with Gasteiger partial charge in [-0.2, -0.15) is 0 Å². The fraction of sp³-hybridized carbons (Fsp3) is 0.545. The Kier molecular flexibility index (Phi) is 4.78. The predicted octanol–water partition coefficient (Wildman–Crippen LogP) is 2.09. The van der Waals surface area contributed by atoms with Crippen LogP contribution in [0.4, 0.5) is 0 Å². The van der Waals surface area contributed by atoms with Crippen LogP contribution >= 0.6 is 11.3 Å². The summed E-state index contributed by atoms with van der Waals surface area (Å²) in [5, 5.41) is 10.7. The monoisotopic (exact) mass is 227 g/mol. The van der Waals surface area contributed by atoms with E-state index in [9.17, 15) is 4.79 Å². The molecular weight excluding hydrogens is 210 g/mol. The van der Waals surface area contributed by atoms with Gasteiger partial charge in [-0.1, -0.05) is 6.07 Å². The molecule has 0 aromatic carbocycles. The Morgan fingerprint density at radius 3 is 2.93 bits per heavy atom. The molecule has 0 amide bonds. The SMILES string of the molecule is CC(CC(=O)O)N(C)CCc1cccs1. The Morgan fingerprint density at radius 2 is 2.40 bits per heavy atom. The molecule has 0 aliphatic carbocycles. The molecule has 0 radical (unpaired) electrons. The van der Waals surface area contributed by atoms with Crippen molar-refractivity contribution in [2.45, 2.75) is 25.8 Å². The number of carboxylic acid groups (broad SMARTS) is 1. The average Bonchev–Trinajstić information content (AvgIpc) is 2.65. The van der Waals surface area contributed by atoms with Gasteiger partial charge in [0, 0.05) is 17.5 Å². The summed E-state index contributed by atoms with van der Waals surface area (Å²) in [5.41, 5.74) is 0. The maximum absolute atomic E-state index is 10.5. The molecule has 1 aromatic rings. The number of thiophene rings is 1. The molecule has 0 bridgehead atoms. The van der Waals surface area contributed by atoms with Crippen molar-refractivity contribution in [1.82, 2.24) is 4.90 Å². The van der Waals surface area contributed by atoms with E-state index in [1.165, 1.54) is 4.88 Å². The summed E-state index contributed by atoms with van der Waals surface area (Å²) < 4.78 is 0. The van der Waals surface area contributed by atoms with Gasteiger partial charge in [0.15, 0.2) is 0 Å². The summed E-state index contributed by atoms with van der Waals surface area (Å²) >= 11 is 1.75. The number of rotatable bonds is 6. The minimum absolute atomic E-state index is 0.0995. The van der Waals surface area contributed by atoms with Gasteiger partial charge in [0.25, 0.3) is 0 Å². The van der Waals surface area contributed by atoms with Crippen LogP contribution in [0.3, 0.4) is 0 Å². The zero-order chi connectivity index (χ0) is 11.3. The lowest BCUT2D eigenvalue weighted by Crippen LogP contribution is -2.32. The Hall–Kier alpha value is -0.870. The van der Waals surface area contributed by atoms with Crippen LogP contribution in [0.2, 0.25) is 0 Å². The van der Waals surface area contributed by atoms with E-state index in [1.54, 1.807) is 11.3 Å². The molecule has 0 aliphatic rings. The molecule has 1 rings (SSSR count). The van der Waals surface area contributed by atoms with Crippen LogP contribution < -0.4 is 0 Å². The van der Waals surface area contributed by atoms with E-state index < -0.39 is 5.97 Å². The highest BCUT2D eigenvalue weighted by Crippen LogP contribution is 2.10. The number of nitrogens with zero attached hydrogens (tertiary/aromatic N) is 1. The van der Waals surface area contributed by atoms with E-state index in [2.05, 4.69) is 16.3 Å². The lowest BCUT2D eigenvalue weighted by Gasteiger charge is -2.22. The molecule has 1 atom stereocenters. The number of carboxylic acids is 1.